The summed E-state index contributed by atoms with van der Waals surface area (Å²) in [5.74, 6) is 0.214. The summed E-state index contributed by atoms with van der Waals surface area (Å²) >= 11 is 1.47. The van der Waals surface area contributed by atoms with Crippen LogP contribution in [0.2, 0.25) is 0 Å². The topological polar surface area (TPSA) is 43.4 Å². The molecule has 1 heterocycles. The summed E-state index contributed by atoms with van der Waals surface area (Å²) in [5.41, 5.74) is 0.717. The smallest absolute Gasteiger partial charge is 0.308 e. The lowest BCUT2D eigenvalue weighted by Gasteiger charge is -2.00. The van der Waals surface area contributed by atoms with Gasteiger partial charge in [0.1, 0.15) is 5.75 Å². The van der Waals surface area contributed by atoms with Crippen molar-refractivity contribution in [3.63, 3.8) is 0 Å². The van der Waals surface area contributed by atoms with Gasteiger partial charge in [-0.15, -0.1) is 11.3 Å². The van der Waals surface area contributed by atoms with Gasteiger partial charge in [-0.05, 0) is 25.1 Å². The summed E-state index contributed by atoms with van der Waals surface area (Å²) in [4.78, 5) is 22.1. The average molecular weight is 234 g/mol. The Kier molecular flexibility index (Phi) is 2.75. The molecule has 1 aromatic carbocycles. The summed E-state index contributed by atoms with van der Waals surface area (Å²) < 4.78 is 5.92. The standard InChI is InChI=1S/C12H10O3S/c1-7(13)11-6-16-12-5-9(15-8(2)14)3-4-10(11)12/h3-6H,1-2H3. The molecule has 3 nitrogen and oxygen atoms in total. The molecule has 0 fully saturated rings. The molecule has 0 atom stereocenters. The highest BCUT2D eigenvalue weighted by Crippen LogP contribution is 2.29. The highest BCUT2D eigenvalue weighted by atomic mass is 32.1. The van der Waals surface area contributed by atoms with Crippen LogP contribution in [-0.2, 0) is 4.79 Å². The second-order valence-corrected chi connectivity index (χ2v) is 4.37. The van der Waals surface area contributed by atoms with Crippen LogP contribution in [0.25, 0.3) is 10.1 Å². The molecule has 4 heteroatoms. The summed E-state index contributed by atoms with van der Waals surface area (Å²) in [6.07, 6.45) is 0. The van der Waals surface area contributed by atoms with Crippen LogP contribution in [-0.4, -0.2) is 11.8 Å². The maximum atomic E-state index is 11.3. The third-order valence-electron chi connectivity index (χ3n) is 2.19. The van der Waals surface area contributed by atoms with Gasteiger partial charge in [-0.1, -0.05) is 0 Å². The van der Waals surface area contributed by atoms with E-state index in [-0.39, 0.29) is 11.8 Å². The molecule has 0 bridgehead atoms. The van der Waals surface area contributed by atoms with E-state index in [0.29, 0.717) is 5.75 Å². The first-order valence-corrected chi connectivity index (χ1v) is 5.66. The van der Waals surface area contributed by atoms with E-state index >= 15 is 0 Å². The fourth-order valence-corrected chi connectivity index (χ4v) is 2.54. The number of hydrogen-bond donors (Lipinski definition) is 0. The molecule has 82 valence electrons. The Bertz CT molecular complexity index is 569. The number of thiophene rings is 1. The first-order chi connectivity index (χ1) is 7.58. The molecule has 0 spiro atoms. The van der Waals surface area contributed by atoms with E-state index in [1.54, 1.807) is 25.1 Å². The number of rotatable bonds is 2. The van der Waals surface area contributed by atoms with Gasteiger partial charge < -0.3 is 4.74 Å². The minimum atomic E-state index is -0.345. The largest absolute Gasteiger partial charge is 0.427 e. The molecule has 2 rings (SSSR count). The Labute approximate surface area is 96.6 Å². The maximum absolute atomic E-state index is 11.3. The van der Waals surface area contributed by atoms with Crippen molar-refractivity contribution >= 4 is 33.2 Å². The van der Waals surface area contributed by atoms with E-state index in [1.807, 2.05) is 5.38 Å². The Morgan fingerprint density at radius 2 is 2.00 bits per heavy atom. The molecule has 16 heavy (non-hydrogen) atoms. The quantitative estimate of drug-likeness (QED) is 0.455. The Hall–Kier alpha value is -1.68. The highest BCUT2D eigenvalue weighted by molar-refractivity contribution is 7.17. The Balaban J connectivity index is 2.49. The molecule has 0 saturated heterocycles. The zero-order chi connectivity index (χ0) is 11.7. The van der Waals surface area contributed by atoms with Crippen LogP contribution in [0.1, 0.15) is 24.2 Å². The van der Waals surface area contributed by atoms with Crippen molar-refractivity contribution in [2.45, 2.75) is 13.8 Å². The molecule has 0 aliphatic carbocycles. The van der Waals surface area contributed by atoms with Gasteiger partial charge in [0, 0.05) is 28.0 Å². The van der Waals surface area contributed by atoms with Gasteiger partial charge in [0.2, 0.25) is 0 Å². The normalized spacial score (nSPS) is 10.4. The maximum Gasteiger partial charge on any atom is 0.308 e. The second kappa shape index (κ2) is 4.06. The number of ether oxygens (including phenoxy) is 1. The van der Waals surface area contributed by atoms with Crippen LogP contribution in [0.4, 0.5) is 0 Å². The van der Waals surface area contributed by atoms with Crippen molar-refractivity contribution < 1.29 is 14.3 Å². The predicted octanol–water partition coefficient (Wildman–Crippen LogP) is 3.03. The third kappa shape index (κ3) is 1.97. The highest BCUT2D eigenvalue weighted by Gasteiger charge is 2.09. The number of hydrogen-bond acceptors (Lipinski definition) is 4. The van der Waals surface area contributed by atoms with E-state index in [9.17, 15) is 9.59 Å². The van der Waals surface area contributed by atoms with Crippen molar-refractivity contribution in [2.24, 2.45) is 0 Å². The van der Waals surface area contributed by atoms with Gasteiger partial charge in [0.15, 0.2) is 5.78 Å². The molecule has 0 radical (unpaired) electrons. The van der Waals surface area contributed by atoms with Gasteiger partial charge in [0.05, 0.1) is 0 Å². The fraction of sp³-hybridized carbons (Fsp3) is 0.167. The number of fused-ring (bicyclic) bond motifs is 1. The first-order valence-electron chi connectivity index (χ1n) is 4.78. The molecule has 1 aromatic heterocycles. The molecule has 0 unspecified atom stereocenters. The molecule has 0 saturated carbocycles. The lowest BCUT2D eigenvalue weighted by atomic mass is 10.1. The third-order valence-corrected chi connectivity index (χ3v) is 3.13. The lowest BCUT2D eigenvalue weighted by molar-refractivity contribution is -0.131. The Morgan fingerprint density at radius 1 is 1.25 bits per heavy atom. The molecule has 0 N–H and O–H groups in total. The van der Waals surface area contributed by atoms with Crippen LogP contribution in [0, 0.1) is 0 Å². The predicted molar refractivity (Wildman–Crippen MR) is 63.1 cm³/mol. The number of esters is 1. The monoisotopic (exact) mass is 234 g/mol. The van der Waals surface area contributed by atoms with Crippen molar-refractivity contribution in [2.75, 3.05) is 0 Å². The number of Topliss-reactive ketones (excluding diaryl/α,β-unsaturated/α-hetero) is 1. The second-order valence-electron chi connectivity index (χ2n) is 3.46. The molecular weight excluding hydrogens is 224 g/mol. The Morgan fingerprint density at radius 3 is 2.62 bits per heavy atom. The summed E-state index contributed by atoms with van der Waals surface area (Å²) in [6.45, 7) is 2.90. The van der Waals surface area contributed by atoms with Crippen molar-refractivity contribution in [3.05, 3.63) is 29.1 Å². The van der Waals surface area contributed by atoms with Gasteiger partial charge in [-0.2, -0.15) is 0 Å². The first kappa shape index (κ1) is 10.8. The SMILES string of the molecule is CC(=O)Oc1ccc2c(C(C)=O)csc2c1. The molecule has 0 amide bonds. The minimum absolute atomic E-state index is 0.0477. The van der Waals surface area contributed by atoms with Gasteiger partial charge >= 0.3 is 5.97 Å². The summed E-state index contributed by atoms with van der Waals surface area (Å²) in [7, 11) is 0. The van der Waals surface area contributed by atoms with E-state index in [0.717, 1.165) is 15.6 Å². The zero-order valence-corrected chi connectivity index (χ0v) is 9.76. The van der Waals surface area contributed by atoms with Crippen molar-refractivity contribution in [3.8, 4) is 5.75 Å². The van der Waals surface area contributed by atoms with E-state index in [4.69, 9.17) is 4.74 Å². The van der Waals surface area contributed by atoms with E-state index in [1.165, 1.54) is 18.3 Å². The van der Waals surface area contributed by atoms with Crippen LogP contribution in [0.5, 0.6) is 5.75 Å². The zero-order valence-electron chi connectivity index (χ0n) is 8.94. The number of carbonyl (C=O) groups is 2. The molecule has 0 aliphatic heterocycles. The van der Waals surface area contributed by atoms with Crippen LogP contribution >= 0.6 is 11.3 Å². The van der Waals surface area contributed by atoms with Gasteiger partial charge in [0.25, 0.3) is 0 Å². The molecule has 0 aliphatic rings. The summed E-state index contributed by atoms with van der Waals surface area (Å²) in [5, 5.41) is 2.73. The van der Waals surface area contributed by atoms with Gasteiger partial charge in [-0.3, -0.25) is 9.59 Å². The molecule has 2 aromatic rings. The van der Waals surface area contributed by atoms with Gasteiger partial charge in [-0.25, -0.2) is 0 Å². The number of carbonyl (C=O) groups excluding carboxylic acids is 2. The van der Waals surface area contributed by atoms with Crippen molar-refractivity contribution in [1.82, 2.24) is 0 Å². The molecular formula is C12H10O3S. The number of benzene rings is 1. The lowest BCUT2D eigenvalue weighted by Crippen LogP contribution is -2.00. The summed E-state index contributed by atoms with van der Waals surface area (Å²) in [6, 6.07) is 5.28. The number of ketones is 1. The van der Waals surface area contributed by atoms with Crippen LogP contribution in [0.3, 0.4) is 0 Å². The van der Waals surface area contributed by atoms with Crippen LogP contribution < -0.4 is 4.74 Å². The van der Waals surface area contributed by atoms with Crippen LogP contribution in [0.15, 0.2) is 23.6 Å². The average Bonchev–Trinajstić information content (AvgIpc) is 2.59. The van der Waals surface area contributed by atoms with E-state index in [2.05, 4.69) is 0 Å². The van der Waals surface area contributed by atoms with E-state index < -0.39 is 0 Å². The fourth-order valence-electron chi connectivity index (χ4n) is 1.51. The van der Waals surface area contributed by atoms with Crippen molar-refractivity contribution in [1.29, 1.82) is 0 Å². The minimum Gasteiger partial charge on any atom is -0.427 e.